The lowest BCUT2D eigenvalue weighted by Crippen LogP contribution is -2.42. The molecule has 1 heterocycles. The minimum Gasteiger partial charge on any atom is -0.358 e. The molecule has 0 spiro atoms. The molecule has 112 valence electrons. The van der Waals surface area contributed by atoms with E-state index in [2.05, 4.69) is 33.7 Å². The number of nitrogens with one attached hydrogen (secondary N) is 2. The zero-order valence-electron chi connectivity index (χ0n) is 12.3. The van der Waals surface area contributed by atoms with Crippen molar-refractivity contribution in [1.29, 1.82) is 0 Å². The second-order valence-electron chi connectivity index (χ2n) is 5.03. The second-order valence-corrected chi connectivity index (χ2v) is 5.03. The molecule has 0 aromatic heterocycles. The molecule has 0 saturated heterocycles. The average Bonchev–Trinajstić information content (AvgIpc) is 2.54. The molecule has 1 aliphatic rings. The van der Waals surface area contributed by atoms with Gasteiger partial charge in [0.05, 0.1) is 13.1 Å². The van der Waals surface area contributed by atoms with Crippen molar-refractivity contribution in [3.05, 3.63) is 42.0 Å². The van der Waals surface area contributed by atoms with Crippen molar-refractivity contribution in [3.63, 3.8) is 0 Å². The molecule has 2 N–H and O–H groups in total. The van der Waals surface area contributed by atoms with Crippen LogP contribution < -0.4 is 10.6 Å². The minimum atomic E-state index is -0.187. The molecule has 0 fully saturated rings. The Bertz CT molecular complexity index is 526. The zero-order valence-corrected chi connectivity index (χ0v) is 12.3. The third-order valence-corrected chi connectivity index (χ3v) is 3.53. The highest BCUT2D eigenvalue weighted by molar-refractivity contribution is 5.85. The Kier molecular flexibility index (Phi) is 5.51. The van der Waals surface area contributed by atoms with Crippen molar-refractivity contribution in [2.24, 2.45) is 0 Å². The minimum absolute atomic E-state index is 0.0360. The molecule has 0 atom stereocenters. The number of hydrogen-bond donors (Lipinski definition) is 2. The Morgan fingerprint density at radius 1 is 1.19 bits per heavy atom. The smallest absolute Gasteiger partial charge is 0.239 e. The summed E-state index contributed by atoms with van der Waals surface area (Å²) in [5.41, 5.74) is 2.58. The van der Waals surface area contributed by atoms with Gasteiger partial charge in [0.15, 0.2) is 0 Å². The van der Waals surface area contributed by atoms with Gasteiger partial charge in [-0.05, 0) is 17.6 Å². The van der Waals surface area contributed by atoms with Gasteiger partial charge in [0.2, 0.25) is 11.8 Å². The average molecular weight is 287 g/mol. The van der Waals surface area contributed by atoms with E-state index in [1.54, 1.807) is 7.05 Å². The van der Waals surface area contributed by atoms with Crippen LogP contribution in [0.4, 0.5) is 0 Å². The van der Waals surface area contributed by atoms with Gasteiger partial charge in [0, 0.05) is 20.1 Å². The lowest BCUT2D eigenvalue weighted by molar-refractivity contribution is -0.126. The first-order valence-electron chi connectivity index (χ1n) is 7.13. The lowest BCUT2D eigenvalue weighted by Gasteiger charge is -2.25. The molecule has 0 radical (unpaired) electrons. The molecule has 1 aromatic rings. The molecule has 2 rings (SSSR count). The number of nitrogens with zero attached hydrogens (tertiary/aromatic N) is 1. The molecule has 0 aliphatic carbocycles. The van der Waals surface area contributed by atoms with Crippen LogP contribution in [0, 0.1) is 0 Å². The van der Waals surface area contributed by atoms with Gasteiger partial charge in [0.1, 0.15) is 0 Å². The molecule has 0 unspecified atom stereocenters. The molecule has 1 aliphatic heterocycles. The first-order chi connectivity index (χ1) is 10.2. The van der Waals surface area contributed by atoms with Gasteiger partial charge in [-0.3, -0.25) is 14.5 Å². The highest BCUT2D eigenvalue weighted by Gasteiger charge is 2.15. The maximum atomic E-state index is 11.7. The Balaban J connectivity index is 1.80. The number of rotatable bonds is 5. The van der Waals surface area contributed by atoms with Gasteiger partial charge < -0.3 is 10.6 Å². The lowest BCUT2D eigenvalue weighted by atomic mass is 10.00. The summed E-state index contributed by atoms with van der Waals surface area (Å²) < 4.78 is 0. The molecule has 5 heteroatoms. The zero-order chi connectivity index (χ0) is 15.1. The van der Waals surface area contributed by atoms with Crippen LogP contribution in [-0.2, 0) is 9.59 Å². The predicted molar refractivity (Wildman–Crippen MR) is 82.6 cm³/mol. The standard InChI is InChI=1S/C16H21N3O2/c1-17-15(20)11-18-16(21)12-19-9-7-14(8-10-19)13-5-3-2-4-6-13/h2-7H,8-12H2,1H3,(H,17,20)(H,18,21). The van der Waals surface area contributed by atoms with E-state index in [4.69, 9.17) is 0 Å². The summed E-state index contributed by atoms with van der Waals surface area (Å²) in [4.78, 5) is 24.9. The van der Waals surface area contributed by atoms with Gasteiger partial charge >= 0.3 is 0 Å². The van der Waals surface area contributed by atoms with Crippen LogP contribution in [0.5, 0.6) is 0 Å². The predicted octanol–water partition coefficient (Wildman–Crippen LogP) is 0.638. The number of amides is 2. The summed E-state index contributed by atoms with van der Waals surface area (Å²) in [5.74, 6) is -0.302. The molecular formula is C16H21N3O2. The van der Waals surface area contributed by atoms with Crippen LogP contribution >= 0.6 is 0 Å². The normalized spacial score (nSPS) is 15.2. The number of carbonyl (C=O) groups excluding carboxylic acids is 2. The molecule has 0 saturated carbocycles. The summed E-state index contributed by atoms with van der Waals surface area (Å²) in [7, 11) is 1.55. The summed E-state index contributed by atoms with van der Waals surface area (Å²) in [6.45, 7) is 1.98. The van der Waals surface area contributed by atoms with Crippen LogP contribution in [0.1, 0.15) is 12.0 Å². The summed E-state index contributed by atoms with van der Waals surface area (Å²) in [5, 5.41) is 5.08. The Morgan fingerprint density at radius 2 is 1.95 bits per heavy atom. The van der Waals surface area contributed by atoms with Crippen molar-refractivity contribution in [2.75, 3.05) is 33.2 Å². The third kappa shape index (κ3) is 4.72. The van der Waals surface area contributed by atoms with E-state index in [0.29, 0.717) is 6.54 Å². The monoisotopic (exact) mass is 287 g/mol. The topological polar surface area (TPSA) is 61.4 Å². The molecule has 1 aromatic carbocycles. The van der Waals surface area contributed by atoms with Gasteiger partial charge in [-0.15, -0.1) is 0 Å². The summed E-state index contributed by atoms with van der Waals surface area (Å²) >= 11 is 0. The van der Waals surface area contributed by atoms with Crippen LogP contribution in [0.25, 0.3) is 5.57 Å². The van der Waals surface area contributed by atoms with Crippen molar-refractivity contribution < 1.29 is 9.59 Å². The van der Waals surface area contributed by atoms with Gasteiger partial charge in [-0.25, -0.2) is 0 Å². The fourth-order valence-corrected chi connectivity index (χ4v) is 2.30. The number of benzene rings is 1. The van der Waals surface area contributed by atoms with Crippen molar-refractivity contribution in [2.45, 2.75) is 6.42 Å². The highest BCUT2D eigenvalue weighted by Crippen LogP contribution is 2.21. The van der Waals surface area contributed by atoms with E-state index in [1.807, 2.05) is 18.2 Å². The molecular weight excluding hydrogens is 266 g/mol. The second kappa shape index (κ2) is 7.59. The van der Waals surface area contributed by atoms with Crippen molar-refractivity contribution >= 4 is 17.4 Å². The van der Waals surface area contributed by atoms with E-state index in [9.17, 15) is 9.59 Å². The Morgan fingerprint density at radius 3 is 2.57 bits per heavy atom. The molecule has 2 amide bonds. The van der Waals surface area contributed by atoms with Crippen molar-refractivity contribution in [3.8, 4) is 0 Å². The fourth-order valence-electron chi connectivity index (χ4n) is 2.30. The van der Waals surface area contributed by atoms with E-state index in [1.165, 1.54) is 11.1 Å². The van der Waals surface area contributed by atoms with Crippen LogP contribution in [0.2, 0.25) is 0 Å². The van der Waals surface area contributed by atoms with Gasteiger partial charge in [-0.2, -0.15) is 0 Å². The van der Waals surface area contributed by atoms with E-state index in [-0.39, 0.29) is 18.4 Å². The van der Waals surface area contributed by atoms with E-state index >= 15 is 0 Å². The number of hydrogen-bond acceptors (Lipinski definition) is 3. The first-order valence-corrected chi connectivity index (χ1v) is 7.13. The maximum Gasteiger partial charge on any atom is 0.239 e. The van der Waals surface area contributed by atoms with Crippen LogP contribution in [-0.4, -0.2) is 49.9 Å². The number of carbonyl (C=O) groups is 2. The largest absolute Gasteiger partial charge is 0.358 e. The fraction of sp³-hybridized carbons (Fsp3) is 0.375. The maximum absolute atomic E-state index is 11.7. The molecule has 5 nitrogen and oxygen atoms in total. The molecule has 21 heavy (non-hydrogen) atoms. The first kappa shape index (κ1) is 15.3. The SMILES string of the molecule is CNC(=O)CNC(=O)CN1CC=C(c2ccccc2)CC1. The highest BCUT2D eigenvalue weighted by atomic mass is 16.2. The van der Waals surface area contributed by atoms with Gasteiger partial charge in [0.25, 0.3) is 0 Å². The van der Waals surface area contributed by atoms with Gasteiger partial charge in [-0.1, -0.05) is 36.4 Å². The Labute approximate surface area is 125 Å². The van der Waals surface area contributed by atoms with E-state index < -0.39 is 0 Å². The quantitative estimate of drug-likeness (QED) is 0.835. The molecule has 0 bridgehead atoms. The summed E-state index contributed by atoms with van der Waals surface area (Å²) in [6.07, 6.45) is 3.11. The van der Waals surface area contributed by atoms with Crippen LogP contribution in [0.3, 0.4) is 0 Å². The Hall–Kier alpha value is -2.14. The van der Waals surface area contributed by atoms with Crippen molar-refractivity contribution in [1.82, 2.24) is 15.5 Å². The third-order valence-electron chi connectivity index (χ3n) is 3.53. The number of likely N-dealkylation sites (N-methyl/N-ethyl adjacent to an activating group) is 1. The van der Waals surface area contributed by atoms with Crippen LogP contribution in [0.15, 0.2) is 36.4 Å². The summed E-state index contributed by atoms with van der Waals surface area (Å²) in [6, 6.07) is 10.3. The van der Waals surface area contributed by atoms with E-state index in [0.717, 1.165) is 19.5 Å².